The molecule has 0 saturated carbocycles. The molecule has 0 aromatic carbocycles. The van der Waals surface area contributed by atoms with Gasteiger partial charge in [0.15, 0.2) is 0 Å². The molecule has 21 heavy (non-hydrogen) atoms. The van der Waals surface area contributed by atoms with E-state index >= 15 is 0 Å². The van der Waals surface area contributed by atoms with Gasteiger partial charge in [-0.15, -0.1) is 0 Å². The van der Waals surface area contributed by atoms with Crippen molar-refractivity contribution in [2.24, 2.45) is 0 Å². The van der Waals surface area contributed by atoms with Gasteiger partial charge in [-0.3, -0.25) is 4.90 Å². The van der Waals surface area contributed by atoms with Crippen molar-refractivity contribution in [1.29, 1.82) is 0 Å². The molecule has 0 atom stereocenters. The van der Waals surface area contributed by atoms with Crippen LogP contribution in [0.4, 0.5) is 0 Å². The zero-order valence-electron chi connectivity index (χ0n) is 12.6. The van der Waals surface area contributed by atoms with Crippen LogP contribution < -0.4 is 5.32 Å². The van der Waals surface area contributed by atoms with Crippen molar-refractivity contribution in [2.45, 2.75) is 31.4 Å². The maximum atomic E-state index is 5.70. The molecule has 0 aliphatic carbocycles. The van der Waals surface area contributed by atoms with Gasteiger partial charge in [-0.25, -0.2) is 0 Å². The highest BCUT2D eigenvalue weighted by molar-refractivity contribution is 5.03. The fourth-order valence-electron chi connectivity index (χ4n) is 2.98. The van der Waals surface area contributed by atoms with Crippen molar-refractivity contribution in [3.63, 3.8) is 0 Å². The monoisotopic (exact) mass is 296 g/mol. The maximum absolute atomic E-state index is 5.70. The van der Waals surface area contributed by atoms with E-state index in [1.54, 1.807) is 7.11 Å². The Labute approximate surface area is 125 Å². The third-order valence-electron chi connectivity index (χ3n) is 4.36. The van der Waals surface area contributed by atoms with Crippen LogP contribution in [0.5, 0.6) is 0 Å². The normalized spacial score (nSPS) is 23.9. The summed E-state index contributed by atoms with van der Waals surface area (Å²) >= 11 is 0. The third kappa shape index (κ3) is 3.42. The molecule has 7 heteroatoms. The van der Waals surface area contributed by atoms with E-state index in [9.17, 15) is 0 Å². The second kappa shape index (κ2) is 6.83. The highest BCUT2D eigenvalue weighted by Gasteiger charge is 2.39. The maximum Gasteiger partial charge on any atom is 0.240 e. The van der Waals surface area contributed by atoms with E-state index in [0.29, 0.717) is 31.5 Å². The van der Waals surface area contributed by atoms with Crippen LogP contribution in [0.25, 0.3) is 0 Å². The molecule has 0 spiro atoms. The lowest BCUT2D eigenvalue weighted by molar-refractivity contribution is -0.101. The molecular weight excluding hydrogens is 272 g/mol. The molecule has 2 aliphatic heterocycles. The predicted molar refractivity (Wildman–Crippen MR) is 75.8 cm³/mol. The molecule has 0 radical (unpaired) electrons. The van der Waals surface area contributed by atoms with E-state index in [-0.39, 0.29) is 0 Å². The first-order chi connectivity index (χ1) is 10.3. The summed E-state index contributed by atoms with van der Waals surface area (Å²) in [6.45, 7) is 6.24. The summed E-state index contributed by atoms with van der Waals surface area (Å²) in [5.41, 5.74) is -0.444. The van der Waals surface area contributed by atoms with Crippen molar-refractivity contribution in [1.82, 2.24) is 20.4 Å². The lowest BCUT2D eigenvalue weighted by Gasteiger charge is -2.32. The first kappa shape index (κ1) is 14.9. The van der Waals surface area contributed by atoms with Crippen molar-refractivity contribution in [3.05, 3.63) is 11.7 Å². The van der Waals surface area contributed by atoms with Crippen LogP contribution in [0.3, 0.4) is 0 Å². The van der Waals surface area contributed by atoms with Crippen LogP contribution in [0.2, 0.25) is 0 Å². The van der Waals surface area contributed by atoms with Crippen LogP contribution in [-0.4, -0.2) is 61.5 Å². The number of hydrogen-bond donors (Lipinski definition) is 1. The van der Waals surface area contributed by atoms with Gasteiger partial charge in [-0.05, 0) is 19.5 Å². The summed E-state index contributed by atoms with van der Waals surface area (Å²) in [5.74, 6) is 1.34. The van der Waals surface area contributed by atoms with Gasteiger partial charge in [-0.1, -0.05) is 5.16 Å². The summed E-state index contributed by atoms with van der Waals surface area (Å²) < 4.78 is 16.6. The first-order valence-corrected chi connectivity index (χ1v) is 7.71. The highest BCUT2D eigenvalue weighted by Crippen LogP contribution is 2.33. The second-order valence-corrected chi connectivity index (χ2v) is 5.70. The number of ether oxygens (including phenoxy) is 2. The predicted octanol–water partition coefficient (Wildman–Crippen LogP) is 0.517. The minimum absolute atomic E-state index is 0.444. The van der Waals surface area contributed by atoms with Crippen LogP contribution in [0, 0.1) is 0 Å². The Morgan fingerprint density at radius 1 is 1.29 bits per heavy atom. The Morgan fingerprint density at radius 3 is 2.95 bits per heavy atom. The van der Waals surface area contributed by atoms with E-state index in [4.69, 9.17) is 14.0 Å². The van der Waals surface area contributed by atoms with Crippen LogP contribution >= 0.6 is 0 Å². The lowest BCUT2D eigenvalue weighted by atomic mass is 9.93. The van der Waals surface area contributed by atoms with Crippen molar-refractivity contribution < 1.29 is 14.0 Å². The Kier molecular flexibility index (Phi) is 4.84. The quantitative estimate of drug-likeness (QED) is 0.868. The van der Waals surface area contributed by atoms with Crippen molar-refractivity contribution in [2.75, 3.05) is 46.5 Å². The Bertz CT molecular complexity index is 437. The molecular formula is C14H24N4O3. The molecule has 1 N–H and O–H groups in total. The van der Waals surface area contributed by atoms with Crippen molar-refractivity contribution in [3.8, 4) is 0 Å². The van der Waals surface area contributed by atoms with Gasteiger partial charge >= 0.3 is 0 Å². The lowest BCUT2D eigenvalue weighted by Crippen LogP contribution is -2.36. The van der Waals surface area contributed by atoms with Gasteiger partial charge in [-0.2, -0.15) is 4.98 Å². The minimum Gasteiger partial charge on any atom is -0.381 e. The zero-order valence-corrected chi connectivity index (χ0v) is 12.6. The summed E-state index contributed by atoms with van der Waals surface area (Å²) in [6.07, 6.45) is 2.70. The first-order valence-electron chi connectivity index (χ1n) is 7.71. The zero-order chi connectivity index (χ0) is 14.5. The fraction of sp³-hybridized carbons (Fsp3) is 0.857. The van der Waals surface area contributed by atoms with Gasteiger partial charge < -0.3 is 19.3 Å². The van der Waals surface area contributed by atoms with Gasteiger partial charge in [0.25, 0.3) is 0 Å². The third-order valence-corrected chi connectivity index (χ3v) is 4.36. The van der Waals surface area contributed by atoms with E-state index in [1.807, 2.05) is 0 Å². The topological polar surface area (TPSA) is 72.7 Å². The summed E-state index contributed by atoms with van der Waals surface area (Å²) in [6, 6.07) is 0. The summed E-state index contributed by atoms with van der Waals surface area (Å²) in [7, 11) is 1.71. The summed E-state index contributed by atoms with van der Waals surface area (Å²) in [4.78, 5) is 6.93. The Balaban J connectivity index is 1.67. The average Bonchev–Trinajstić information content (AvgIpc) is 2.85. The second-order valence-electron chi connectivity index (χ2n) is 5.70. The number of hydrogen-bond acceptors (Lipinski definition) is 7. The van der Waals surface area contributed by atoms with E-state index in [1.165, 1.54) is 0 Å². The number of nitrogens with zero attached hydrogens (tertiary/aromatic N) is 3. The van der Waals surface area contributed by atoms with Gasteiger partial charge in [0.05, 0.1) is 6.54 Å². The average molecular weight is 296 g/mol. The molecule has 0 bridgehead atoms. The molecule has 7 nitrogen and oxygen atoms in total. The molecule has 3 heterocycles. The molecule has 1 aromatic rings. The molecule has 3 rings (SSSR count). The molecule has 2 saturated heterocycles. The Hall–Kier alpha value is -1.02. The van der Waals surface area contributed by atoms with Crippen molar-refractivity contribution >= 4 is 0 Å². The standard InChI is InChI=1S/C14H24N4O3/c1-19-14(3-9-20-10-4-14)13-16-12(21-17-13)11-18-7-2-5-15-6-8-18/h15H,2-11H2,1H3. The Morgan fingerprint density at radius 2 is 2.14 bits per heavy atom. The smallest absolute Gasteiger partial charge is 0.240 e. The molecule has 1 aromatic heterocycles. The minimum atomic E-state index is -0.444. The van der Waals surface area contributed by atoms with Crippen LogP contribution in [0.1, 0.15) is 31.0 Å². The van der Waals surface area contributed by atoms with Gasteiger partial charge in [0, 0.05) is 46.3 Å². The van der Waals surface area contributed by atoms with Gasteiger partial charge in [0.2, 0.25) is 11.7 Å². The highest BCUT2D eigenvalue weighted by atomic mass is 16.5. The van der Waals surface area contributed by atoms with Crippen LogP contribution in [-0.2, 0) is 21.6 Å². The fourth-order valence-corrected chi connectivity index (χ4v) is 2.98. The molecule has 2 fully saturated rings. The van der Waals surface area contributed by atoms with Crippen LogP contribution in [0.15, 0.2) is 4.52 Å². The molecule has 0 unspecified atom stereocenters. The number of methoxy groups -OCH3 is 1. The molecule has 0 amide bonds. The number of nitrogens with one attached hydrogen (secondary N) is 1. The molecule has 2 aliphatic rings. The van der Waals surface area contributed by atoms with E-state index < -0.39 is 5.60 Å². The molecule has 118 valence electrons. The van der Waals surface area contributed by atoms with E-state index in [0.717, 1.165) is 45.4 Å². The summed E-state index contributed by atoms with van der Waals surface area (Å²) in [5, 5.41) is 7.56. The largest absolute Gasteiger partial charge is 0.381 e. The number of rotatable bonds is 4. The van der Waals surface area contributed by atoms with E-state index in [2.05, 4.69) is 20.4 Å². The van der Waals surface area contributed by atoms with Gasteiger partial charge in [0.1, 0.15) is 5.60 Å². The SMILES string of the molecule is COC1(c2noc(CN3CCCNCC3)n2)CCOCC1. The number of aromatic nitrogens is 2.